The molecule has 0 aliphatic heterocycles. The van der Waals surface area contributed by atoms with Crippen molar-refractivity contribution in [3.8, 4) is 0 Å². The molecular weight excluding hydrogens is 582 g/mol. The number of ether oxygens (including phenoxy) is 1. The van der Waals surface area contributed by atoms with Gasteiger partial charge in [0.2, 0.25) is 5.78 Å². The number of anilines is 1. The van der Waals surface area contributed by atoms with Crippen LogP contribution < -0.4 is 5.32 Å². The predicted molar refractivity (Wildman–Crippen MR) is 190 cm³/mol. The highest BCUT2D eigenvalue weighted by Crippen LogP contribution is 2.29. The standard InChI is InChI=1S/C41H47N3O3/c1-6-47-38(45)12-9-11-37-43-40(36-10-7-8-25-44(36)37)41(46)34-21-23-35(24-22-34)42-39(32-17-13-30(14-18-32)26-28(2)3)33-19-15-31(16-20-33)27-29(4)5/h7-8,10,13-25,28-29,39,42H,6,9,11-12,26-27H2,1-5H3. The zero-order chi connectivity index (χ0) is 33.3. The minimum absolute atomic E-state index is 0.0491. The minimum atomic E-state index is -0.216. The van der Waals surface area contributed by atoms with Gasteiger partial charge in [-0.2, -0.15) is 0 Å². The van der Waals surface area contributed by atoms with Crippen molar-refractivity contribution >= 4 is 23.0 Å². The van der Waals surface area contributed by atoms with Gasteiger partial charge in [-0.25, -0.2) is 4.98 Å². The Morgan fingerprint density at radius 3 is 1.94 bits per heavy atom. The van der Waals surface area contributed by atoms with E-state index in [4.69, 9.17) is 9.72 Å². The normalized spacial score (nSPS) is 11.5. The summed E-state index contributed by atoms with van der Waals surface area (Å²) < 4.78 is 7.00. The highest BCUT2D eigenvalue weighted by atomic mass is 16.5. The number of hydrogen-bond donors (Lipinski definition) is 1. The second-order valence-electron chi connectivity index (χ2n) is 13.2. The van der Waals surface area contributed by atoms with Crippen LogP contribution in [0.5, 0.6) is 0 Å². The van der Waals surface area contributed by atoms with E-state index in [1.807, 2.05) is 53.1 Å². The van der Waals surface area contributed by atoms with Crippen molar-refractivity contribution < 1.29 is 14.3 Å². The van der Waals surface area contributed by atoms with Crippen LogP contribution in [0.2, 0.25) is 0 Å². The number of pyridine rings is 1. The molecular formula is C41H47N3O3. The van der Waals surface area contributed by atoms with Crippen molar-refractivity contribution in [2.24, 2.45) is 11.8 Å². The van der Waals surface area contributed by atoms with Gasteiger partial charge in [0.1, 0.15) is 11.5 Å². The Labute approximate surface area is 279 Å². The van der Waals surface area contributed by atoms with Gasteiger partial charge >= 0.3 is 5.97 Å². The number of carbonyl (C=O) groups is 2. The van der Waals surface area contributed by atoms with Crippen LogP contribution in [0, 0.1) is 11.8 Å². The Hall–Kier alpha value is -4.71. The van der Waals surface area contributed by atoms with Gasteiger partial charge in [-0.15, -0.1) is 0 Å². The van der Waals surface area contributed by atoms with Crippen LogP contribution in [0.1, 0.15) is 97.6 Å². The fourth-order valence-corrected chi connectivity index (χ4v) is 6.08. The van der Waals surface area contributed by atoms with Gasteiger partial charge in [-0.05, 0) is 96.7 Å². The lowest BCUT2D eigenvalue weighted by molar-refractivity contribution is -0.143. The molecule has 0 spiro atoms. The summed E-state index contributed by atoms with van der Waals surface area (Å²) in [5.74, 6) is 1.62. The molecule has 0 saturated carbocycles. The Morgan fingerprint density at radius 2 is 1.38 bits per heavy atom. The summed E-state index contributed by atoms with van der Waals surface area (Å²) in [7, 11) is 0. The largest absolute Gasteiger partial charge is 0.466 e. The SMILES string of the molecule is CCOC(=O)CCCc1nc(C(=O)c2ccc(NC(c3ccc(CC(C)C)cc3)c3ccc(CC(C)C)cc3)cc2)c2ccccn12. The fraction of sp³-hybridized carbons (Fsp3) is 0.341. The number of aromatic nitrogens is 2. The summed E-state index contributed by atoms with van der Waals surface area (Å²) in [4.78, 5) is 30.4. The van der Waals surface area contributed by atoms with E-state index in [2.05, 4.69) is 81.5 Å². The van der Waals surface area contributed by atoms with Gasteiger partial charge in [0.05, 0.1) is 18.2 Å². The van der Waals surface area contributed by atoms with Crippen molar-refractivity contribution in [3.05, 3.63) is 137 Å². The lowest BCUT2D eigenvalue weighted by Crippen LogP contribution is -2.13. The molecule has 0 fully saturated rings. The van der Waals surface area contributed by atoms with Crippen LogP contribution in [0.4, 0.5) is 5.69 Å². The van der Waals surface area contributed by atoms with E-state index in [1.54, 1.807) is 6.92 Å². The quantitative estimate of drug-likeness (QED) is 0.0924. The third-order valence-corrected chi connectivity index (χ3v) is 8.30. The molecule has 244 valence electrons. The first-order valence-electron chi connectivity index (χ1n) is 16.9. The van der Waals surface area contributed by atoms with Crippen LogP contribution in [0.3, 0.4) is 0 Å². The second-order valence-corrected chi connectivity index (χ2v) is 13.2. The van der Waals surface area contributed by atoms with Gasteiger partial charge in [0, 0.05) is 30.3 Å². The number of hydrogen-bond acceptors (Lipinski definition) is 5. The van der Waals surface area contributed by atoms with E-state index in [9.17, 15) is 9.59 Å². The maximum Gasteiger partial charge on any atom is 0.305 e. The molecule has 47 heavy (non-hydrogen) atoms. The first-order valence-corrected chi connectivity index (χ1v) is 16.9. The lowest BCUT2D eigenvalue weighted by Gasteiger charge is -2.22. The first kappa shape index (κ1) is 33.6. The number of esters is 1. The molecule has 1 N–H and O–H groups in total. The average molecular weight is 630 g/mol. The fourth-order valence-electron chi connectivity index (χ4n) is 6.08. The van der Waals surface area contributed by atoms with Gasteiger partial charge < -0.3 is 14.5 Å². The van der Waals surface area contributed by atoms with Crippen molar-refractivity contribution in [2.75, 3.05) is 11.9 Å². The highest BCUT2D eigenvalue weighted by Gasteiger charge is 2.20. The Bertz CT molecular complexity index is 1710. The molecule has 5 rings (SSSR count). The van der Waals surface area contributed by atoms with Crippen molar-refractivity contribution in [3.63, 3.8) is 0 Å². The number of aryl methyl sites for hydroxylation is 1. The molecule has 0 aliphatic carbocycles. The number of benzene rings is 3. The molecule has 2 aromatic heterocycles. The molecule has 5 aromatic rings. The third kappa shape index (κ3) is 8.76. The summed E-state index contributed by atoms with van der Waals surface area (Å²) in [5, 5.41) is 3.74. The number of rotatable bonds is 15. The Morgan fingerprint density at radius 1 is 0.787 bits per heavy atom. The summed E-state index contributed by atoms with van der Waals surface area (Å²) in [6.45, 7) is 11.2. The maximum absolute atomic E-state index is 13.8. The first-order chi connectivity index (χ1) is 22.7. The van der Waals surface area contributed by atoms with Gasteiger partial charge in [-0.3, -0.25) is 9.59 Å². The third-order valence-electron chi connectivity index (χ3n) is 8.30. The van der Waals surface area contributed by atoms with Crippen LogP contribution in [-0.2, 0) is 28.8 Å². The van der Waals surface area contributed by atoms with E-state index in [0.29, 0.717) is 49.0 Å². The van der Waals surface area contributed by atoms with Crippen molar-refractivity contribution in [1.29, 1.82) is 0 Å². The van der Waals surface area contributed by atoms with Crippen LogP contribution in [0.25, 0.3) is 5.52 Å². The Kier molecular flexibility index (Phi) is 11.3. The molecule has 0 saturated heterocycles. The number of nitrogens with one attached hydrogen (secondary N) is 1. The smallest absolute Gasteiger partial charge is 0.305 e. The summed E-state index contributed by atoms with van der Waals surface area (Å²) >= 11 is 0. The molecule has 3 aromatic carbocycles. The number of imidazole rings is 1. The molecule has 0 aliphatic rings. The van der Waals surface area contributed by atoms with Crippen molar-refractivity contribution in [2.45, 2.75) is 72.8 Å². The van der Waals surface area contributed by atoms with Gasteiger partial charge in [-0.1, -0.05) is 82.3 Å². The summed E-state index contributed by atoms with van der Waals surface area (Å²) in [5.41, 5.74) is 7.73. The number of ketones is 1. The zero-order valence-corrected chi connectivity index (χ0v) is 28.3. The van der Waals surface area contributed by atoms with Crippen LogP contribution in [-0.4, -0.2) is 27.7 Å². The Balaban J connectivity index is 1.37. The number of nitrogens with zero attached hydrogens (tertiary/aromatic N) is 2. The maximum atomic E-state index is 13.8. The minimum Gasteiger partial charge on any atom is -0.466 e. The topological polar surface area (TPSA) is 72.7 Å². The number of fused-ring (bicyclic) bond motifs is 1. The van der Waals surface area contributed by atoms with Gasteiger partial charge in [0.25, 0.3) is 0 Å². The van der Waals surface area contributed by atoms with E-state index < -0.39 is 0 Å². The van der Waals surface area contributed by atoms with E-state index in [-0.39, 0.29) is 17.8 Å². The summed E-state index contributed by atoms with van der Waals surface area (Å²) in [6, 6.07) is 31.2. The summed E-state index contributed by atoms with van der Waals surface area (Å²) in [6.07, 6.45) is 5.51. The van der Waals surface area contributed by atoms with E-state index >= 15 is 0 Å². The monoisotopic (exact) mass is 629 g/mol. The zero-order valence-electron chi connectivity index (χ0n) is 28.3. The van der Waals surface area contributed by atoms with Crippen molar-refractivity contribution in [1.82, 2.24) is 9.38 Å². The predicted octanol–water partition coefficient (Wildman–Crippen LogP) is 9.05. The van der Waals surface area contributed by atoms with E-state index in [1.165, 1.54) is 22.3 Å². The molecule has 0 bridgehead atoms. The highest BCUT2D eigenvalue weighted by molar-refractivity contribution is 6.12. The molecule has 0 radical (unpaired) electrons. The van der Waals surface area contributed by atoms with Gasteiger partial charge in [0.15, 0.2) is 0 Å². The molecule has 6 nitrogen and oxygen atoms in total. The van der Waals surface area contributed by atoms with Crippen LogP contribution in [0.15, 0.2) is 97.2 Å². The molecule has 0 amide bonds. The molecule has 0 atom stereocenters. The van der Waals surface area contributed by atoms with E-state index in [0.717, 1.165) is 29.9 Å². The molecule has 6 heteroatoms. The molecule has 0 unspecified atom stereocenters. The van der Waals surface area contributed by atoms with Crippen LogP contribution >= 0.6 is 0 Å². The average Bonchev–Trinajstić information content (AvgIpc) is 3.43. The lowest BCUT2D eigenvalue weighted by atomic mass is 9.93. The molecule has 2 heterocycles. The number of carbonyl (C=O) groups excluding carboxylic acids is 2. The second kappa shape index (κ2) is 15.7.